The Bertz CT molecular complexity index is 390. The van der Waals surface area contributed by atoms with Gasteiger partial charge in [0.15, 0.2) is 6.79 Å². The molecule has 0 spiro atoms. The second-order valence-electron chi connectivity index (χ2n) is 7.70. The van der Waals surface area contributed by atoms with E-state index in [0.29, 0.717) is 0 Å². The largest absolute Gasteiger partial charge is 0.438 e. The molecule has 3 fully saturated rings. The van der Waals surface area contributed by atoms with E-state index < -0.39 is 5.41 Å². The standard InChI is InChI=1S/C17H28O3/c1-4-16(2,3)15(18)19-11-20-17-9-8-12(10-17)13-6-5-7-14(13)17/h12-14H,4-11H2,1-3H3. The lowest BCUT2D eigenvalue weighted by molar-refractivity contribution is -0.188. The van der Waals surface area contributed by atoms with Crippen molar-refractivity contribution >= 4 is 5.97 Å². The third-order valence-corrected chi connectivity index (χ3v) is 6.37. The maximum Gasteiger partial charge on any atom is 0.313 e. The van der Waals surface area contributed by atoms with E-state index in [4.69, 9.17) is 9.47 Å². The van der Waals surface area contributed by atoms with E-state index in [1.165, 1.54) is 38.5 Å². The zero-order valence-corrected chi connectivity index (χ0v) is 13.1. The highest BCUT2D eigenvalue weighted by molar-refractivity contribution is 5.75. The van der Waals surface area contributed by atoms with Crippen LogP contribution in [0.4, 0.5) is 0 Å². The van der Waals surface area contributed by atoms with E-state index in [0.717, 1.165) is 24.2 Å². The van der Waals surface area contributed by atoms with Crippen molar-refractivity contribution in [2.75, 3.05) is 6.79 Å². The van der Waals surface area contributed by atoms with Crippen LogP contribution >= 0.6 is 0 Å². The van der Waals surface area contributed by atoms with Crippen molar-refractivity contribution in [1.82, 2.24) is 0 Å². The van der Waals surface area contributed by atoms with Crippen LogP contribution in [0.15, 0.2) is 0 Å². The molecule has 0 aromatic carbocycles. The highest BCUT2D eigenvalue weighted by Gasteiger charge is 2.59. The van der Waals surface area contributed by atoms with Gasteiger partial charge < -0.3 is 9.47 Å². The van der Waals surface area contributed by atoms with Crippen LogP contribution in [0, 0.1) is 23.2 Å². The van der Waals surface area contributed by atoms with E-state index in [1.54, 1.807) is 0 Å². The molecule has 0 radical (unpaired) electrons. The molecule has 0 aliphatic heterocycles. The monoisotopic (exact) mass is 280 g/mol. The van der Waals surface area contributed by atoms with Crippen LogP contribution in [-0.4, -0.2) is 18.4 Å². The Morgan fingerprint density at radius 1 is 1.30 bits per heavy atom. The number of rotatable bonds is 5. The Kier molecular flexibility index (Phi) is 3.60. The number of hydrogen-bond donors (Lipinski definition) is 0. The fraction of sp³-hybridized carbons (Fsp3) is 0.941. The predicted molar refractivity (Wildman–Crippen MR) is 77.0 cm³/mol. The lowest BCUT2D eigenvalue weighted by Gasteiger charge is -2.35. The maximum absolute atomic E-state index is 12.0. The second-order valence-corrected chi connectivity index (χ2v) is 7.70. The van der Waals surface area contributed by atoms with Crippen LogP contribution < -0.4 is 0 Å². The Hall–Kier alpha value is -0.570. The maximum atomic E-state index is 12.0. The number of carbonyl (C=O) groups is 1. The van der Waals surface area contributed by atoms with Gasteiger partial charge in [0.05, 0.1) is 11.0 Å². The molecule has 3 aliphatic rings. The van der Waals surface area contributed by atoms with E-state index in [-0.39, 0.29) is 18.4 Å². The minimum atomic E-state index is -0.398. The molecule has 0 saturated heterocycles. The average molecular weight is 280 g/mol. The smallest absolute Gasteiger partial charge is 0.313 e. The van der Waals surface area contributed by atoms with Crippen molar-refractivity contribution in [2.45, 2.75) is 71.3 Å². The molecule has 0 aromatic rings. The quantitative estimate of drug-likeness (QED) is 0.566. The van der Waals surface area contributed by atoms with Crippen LogP contribution in [0.25, 0.3) is 0 Å². The highest BCUT2D eigenvalue weighted by Crippen LogP contribution is 2.62. The molecule has 3 aliphatic carbocycles. The first kappa shape index (κ1) is 14.4. The van der Waals surface area contributed by atoms with Crippen molar-refractivity contribution in [3.8, 4) is 0 Å². The Balaban J connectivity index is 1.55. The summed E-state index contributed by atoms with van der Waals surface area (Å²) in [5.41, 5.74) is -0.354. The molecule has 3 heteroatoms. The summed E-state index contributed by atoms with van der Waals surface area (Å²) in [5.74, 6) is 2.38. The first-order chi connectivity index (χ1) is 9.48. The number of esters is 1. The molecule has 4 unspecified atom stereocenters. The summed E-state index contributed by atoms with van der Waals surface area (Å²) < 4.78 is 11.6. The summed E-state index contributed by atoms with van der Waals surface area (Å²) >= 11 is 0. The van der Waals surface area contributed by atoms with E-state index in [1.807, 2.05) is 20.8 Å². The first-order valence-corrected chi connectivity index (χ1v) is 8.30. The van der Waals surface area contributed by atoms with Crippen molar-refractivity contribution < 1.29 is 14.3 Å². The molecule has 3 nitrogen and oxygen atoms in total. The SMILES string of the molecule is CCC(C)(C)C(=O)OCOC12CCC(C1)C1CCCC12. The van der Waals surface area contributed by atoms with Crippen LogP contribution in [0.5, 0.6) is 0 Å². The number of hydrogen-bond acceptors (Lipinski definition) is 3. The minimum Gasteiger partial charge on any atom is -0.438 e. The van der Waals surface area contributed by atoms with Gasteiger partial charge in [0, 0.05) is 0 Å². The van der Waals surface area contributed by atoms with Crippen LogP contribution in [0.3, 0.4) is 0 Å². The fourth-order valence-electron chi connectivity index (χ4n) is 4.76. The normalized spacial score (nSPS) is 39.0. The van der Waals surface area contributed by atoms with Gasteiger partial charge in [-0.25, -0.2) is 0 Å². The molecule has 2 bridgehead atoms. The van der Waals surface area contributed by atoms with Gasteiger partial charge in [0.2, 0.25) is 0 Å². The molecule has 20 heavy (non-hydrogen) atoms. The van der Waals surface area contributed by atoms with Crippen molar-refractivity contribution in [3.63, 3.8) is 0 Å². The van der Waals surface area contributed by atoms with Crippen LogP contribution in [-0.2, 0) is 14.3 Å². The Morgan fingerprint density at radius 2 is 2.10 bits per heavy atom. The van der Waals surface area contributed by atoms with E-state index in [9.17, 15) is 4.79 Å². The molecule has 0 amide bonds. The molecular formula is C17H28O3. The van der Waals surface area contributed by atoms with Gasteiger partial charge in [-0.3, -0.25) is 4.79 Å². The fourth-order valence-corrected chi connectivity index (χ4v) is 4.76. The molecule has 114 valence electrons. The Labute approximate surface area is 122 Å². The molecule has 4 atom stereocenters. The topological polar surface area (TPSA) is 35.5 Å². The van der Waals surface area contributed by atoms with Gasteiger partial charge in [0.25, 0.3) is 0 Å². The number of carbonyl (C=O) groups excluding carboxylic acids is 1. The summed E-state index contributed by atoms with van der Waals surface area (Å²) in [4.78, 5) is 12.0. The average Bonchev–Trinajstić information content (AvgIpc) is 3.10. The van der Waals surface area contributed by atoms with Gasteiger partial charge in [-0.15, -0.1) is 0 Å². The zero-order chi connectivity index (χ0) is 14.4. The Morgan fingerprint density at radius 3 is 2.85 bits per heavy atom. The summed E-state index contributed by atoms with van der Waals surface area (Å²) in [6.45, 7) is 6.03. The summed E-state index contributed by atoms with van der Waals surface area (Å²) in [7, 11) is 0. The number of fused-ring (bicyclic) bond motifs is 5. The third kappa shape index (κ3) is 2.18. The minimum absolute atomic E-state index is 0.0441. The highest BCUT2D eigenvalue weighted by atomic mass is 16.7. The van der Waals surface area contributed by atoms with Crippen molar-refractivity contribution in [3.05, 3.63) is 0 Å². The van der Waals surface area contributed by atoms with Crippen molar-refractivity contribution in [2.24, 2.45) is 23.2 Å². The number of ether oxygens (including phenoxy) is 2. The lowest BCUT2D eigenvalue weighted by Crippen LogP contribution is -2.38. The molecule has 3 saturated carbocycles. The van der Waals surface area contributed by atoms with E-state index in [2.05, 4.69) is 0 Å². The van der Waals surface area contributed by atoms with Gasteiger partial charge >= 0.3 is 5.97 Å². The van der Waals surface area contributed by atoms with Crippen molar-refractivity contribution in [1.29, 1.82) is 0 Å². The van der Waals surface area contributed by atoms with Gasteiger partial charge in [-0.05, 0) is 70.1 Å². The van der Waals surface area contributed by atoms with Gasteiger partial charge in [-0.1, -0.05) is 13.3 Å². The predicted octanol–water partition coefficient (Wildman–Crippen LogP) is 3.91. The summed E-state index contributed by atoms with van der Waals surface area (Å²) in [6.07, 6.45) is 8.56. The van der Waals surface area contributed by atoms with Crippen LogP contribution in [0.1, 0.15) is 65.7 Å². The summed E-state index contributed by atoms with van der Waals surface area (Å²) in [6, 6.07) is 0. The third-order valence-electron chi connectivity index (χ3n) is 6.37. The first-order valence-electron chi connectivity index (χ1n) is 8.30. The molecule has 3 rings (SSSR count). The molecule has 0 heterocycles. The zero-order valence-electron chi connectivity index (χ0n) is 13.1. The molecular weight excluding hydrogens is 252 g/mol. The van der Waals surface area contributed by atoms with Crippen LogP contribution in [0.2, 0.25) is 0 Å². The molecule has 0 N–H and O–H groups in total. The van der Waals surface area contributed by atoms with Gasteiger partial charge in [0.1, 0.15) is 0 Å². The van der Waals surface area contributed by atoms with E-state index >= 15 is 0 Å². The lowest BCUT2D eigenvalue weighted by atomic mass is 9.79. The van der Waals surface area contributed by atoms with Gasteiger partial charge in [-0.2, -0.15) is 0 Å². The molecule has 0 aromatic heterocycles. The summed E-state index contributed by atoms with van der Waals surface area (Å²) in [5, 5.41) is 0. The second kappa shape index (κ2) is 5.01.